The molecule has 0 atom stereocenters. The van der Waals surface area contributed by atoms with E-state index in [4.69, 9.17) is 9.51 Å². The molecule has 3 heterocycles. The molecule has 1 aliphatic heterocycles. The molecule has 7 heteroatoms. The van der Waals surface area contributed by atoms with Gasteiger partial charge < -0.3 is 9.42 Å². The van der Waals surface area contributed by atoms with Gasteiger partial charge in [0.1, 0.15) is 0 Å². The van der Waals surface area contributed by atoms with E-state index in [2.05, 4.69) is 65.1 Å². The molecule has 4 rings (SSSR count). The number of aromatic nitrogens is 3. The number of anilines is 1. The summed E-state index contributed by atoms with van der Waals surface area (Å²) in [5.74, 6) is 1.78. The number of thiazole rings is 1. The summed E-state index contributed by atoms with van der Waals surface area (Å²) in [6.45, 7) is 6.95. The molecular weight excluding hydrogens is 346 g/mol. The number of hydrogen-bond acceptors (Lipinski definition) is 7. The minimum absolute atomic E-state index is 0.276. The van der Waals surface area contributed by atoms with Crippen LogP contribution in [0.2, 0.25) is 0 Å². The van der Waals surface area contributed by atoms with Crippen LogP contribution in [-0.2, 0) is 6.54 Å². The van der Waals surface area contributed by atoms with Crippen LogP contribution in [0, 0.1) is 0 Å². The Morgan fingerprint density at radius 2 is 2.00 bits per heavy atom. The number of fused-ring (bicyclic) bond motifs is 1. The summed E-state index contributed by atoms with van der Waals surface area (Å²) in [6, 6.07) is 8.91. The van der Waals surface area contributed by atoms with Gasteiger partial charge in [-0.2, -0.15) is 4.98 Å². The molecule has 1 fully saturated rings. The Morgan fingerprint density at radius 3 is 2.69 bits per heavy atom. The Hall–Kier alpha value is -1.99. The van der Waals surface area contributed by atoms with Crippen molar-refractivity contribution in [2.75, 3.05) is 25.0 Å². The largest absolute Gasteiger partial charge is 0.348 e. The fourth-order valence-corrected chi connectivity index (χ4v) is 4.43. The van der Waals surface area contributed by atoms with Gasteiger partial charge in [0.15, 0.2) is 11.0 Å². The summed E-state index contributed by atoms with van der Waals surface area (Å²) >= 11 is 1.79. The van der Waals surface area contributed by atoms with Crippen molar-refractivity contribution in [1.29, 1.82) is 0 Å². The van der Waals surface area contributed by atoms with Gasteiger partial charge in [0.2, 0.25) is 5.89 Å². The zero-order valence-corrected chi connectivity index (χ0v) is 16.4. The van der Waals surface area contributed by atoms with Crippen molar-refractivity contribution in [3.8, 4) is 0 Å². The lowest BCUT2D eigenvalue weighted by atomic mass is 10.0. The van der Waals surface area contributed by atoms with Crippen LogP contribution in [0.15, 0.2) is 28.8 Å². The third-order valence-electron chi connectivity index (χ3n) is 5.01. The molecule has 1 aromatic carbocycles. The maximum Gasteiger partial charge on any atom is 0.229 e. The van der Waals surface area contributed by atoms with Crippen LogP contribution in [0.5, 0.6) is 0 Å². The van der Waals surface area contributed by atoms with Crippen molar-refractivity contribution in [3.63, 3.8) is 0 Å². The monoisotopic (exact) mass is 371 g/mol. The minimum atomic E-state index is 0.276. The van der Waals surface area contributed by atoms with Crippen LogP contribution in [0.3, 0.4) is 0 Å². The van der Waals surface area contributed by atoms with Gasteiger partial charge in [-0.15, -0.1) is 0 Å². The van der Waals surface area contributed by atoms with Gasteiger partial charge in [0.25, 0.3) is 0 Å². The van der Waals surface area contributed by atoms with Crippen molar-refractivity contribution in [1.82, 2.24) is 20.0 Å². The van der Waals surface area contributed by atoms with E-state index in [0.717, 1.165) is 54.8 Å². The highest BCUT2D eigenvalue weighted by Gasteiger charge is 2.25. The summed E-state index contributed by atoms with van der Waals surface area (Å²) in [7, 11) is 2.16. The highest BCUT2D eigenvalue weighted by atomic mass is 32.1. The van der Waals surface area contributed by atoms with Crippen LogP contribution >= 0.6 is 11.3 Å². The minimum Gasteiger partial charge on any atom is -0.348 e. The first-order valence-electron chi connectivity index (χ1n) is 9.23. The Kier molecular flexibility index (Phi) is 4.91. The predicted molar refractivity (Wildman–Crippen MR) is 105 cm³/mol. The highest BCUT2D eigenvalue weighted by molar-refractivity contribution is 7.22. The lowest BCUT2D eigenvalue weighted by Gasteiger charge is -2.36. The van der Waals surface area contributed by atoms with Crippen molar-refractivity contribution >= 4 is 26.7 Å². The van der Waals surface area contributed by atoms with Crippen LogP contribution < -0.4 is 4.90 Å². The number of nitrogens with zero attached hydrogens (tertiary/aromatic N) is 5. The second kappa shape index (κ2) is 7.32. The van der Waals surface area contributed by atoms with Crippen molar-refractivity contribution < 1.29 is 4.52 Å². The van der Waals surface area contributed by atoms with E-state index in [1.165, 1.54) is 4.70 Å². The van der Waals surface area contributed by atoms with E-state index in [1.54, 1.807) is 11.3 Å². The third kappa shape index (κ3) is 3.59. The molecule has 0 saturated carbocycles. The molecule has 1 aliphatic rings. The molecule has 6 nitrogen and oxygen atoms in total. The van der Waals surface area contributed by atoms with Crippen LogP contribution in [-0.4, -0.2) is 46.2 Å². The second-order valence-corrected chi connectivity index (χ2v) is 8.31. The summed E-state index contributed by atoms with van der Waals surface area (Å²) in [5, 5.41) is 5.26. The quantitative estimate of drug-likeness (QED) is 0.678. The molecule has 0 aliphatic carbocycles. The van der Waals surface area contributed by atoms with Crippen molar-refractivity contribution in [3.05, 3.63) is 36.0 Å². The first-order chi connectivity index (χ1) is 12.6. The Bertz CT molecular complexity index is 833. The van der Waals surface area contributed by atoms with E-state index in [-0.39, 0.29) is 5.92 Å². The molecule has 138 valence electrons. The predicted octanol–water partition coefficient (Wildman–Crippen LogP) is 3.90. The maximum atomic E-state index is 5.32. The average Bonchev–Trinajstić information content (AvgIpc) is 3.28. The number of rotatable bonds is 5. The third-order valence-corrected chi connectivity index (χ3v) is 6.11. The molecule has 26 heavy (non-hydrogen) atoms. The molecule has 0 N–H and O–H groups in total. The zero-order chi connectivity index (χ0) is 18.1. The molecule has 3 aromatic rings. The van der Waals surface area contributed by atoms with E-state index in [1.807, 2.05) is 0 Å². The molecule has 0 bridgehead atoms. The Labute approximate surface area is 157 Å². The summed E-state index contributed by atoms with van der Waals surface area (Å²) in [6.07, 6.45) is 2.25. The van der Waals surface area contributed by atoms with E-state index < -0.39 is 0 Å². The second-order valence-electron chi connectivity index (χ2n) is 7.30. The first kappa shape index (κ1) is 17.4. The lowest BCUT2D eigenvalue weighted by molar-refractivity contribution is 0.194. The molecule has 0 unspecified atom stereocenters. The van der Waals surface area contributed by atoms with Gasteiger partial charge >= 0.3 is 0 Å². The Morgan fingerprint density at radius 1 is 1.23 bits per heavy atom. The van der Waals surface area contributed by atoms with Gasteiger partial charge in [0, 0.05) is 25.0 Å². The first-order valence-corrected chi connectivity index (χ1v) is 10.0. The standard InChI is InChI=1S/C19H25N5OS/c1-13(2)18-21-17(22-25-18)12-23(3)14-8-10-24(11-9-14)19-20-15-6-4-5-7-16(15)26-19/h4-7,13-14H,8-12H2,1-3H3. The van der Waals surface area contributed by atoms with Gasteiger partial charge in [-0.3, -0.25) is 4.90 Å². The average molecular weight is 372 g/mol. The Balaban J connectivity index is 1.35. The van der Waals surface area contributed by atoms with Crippen LogP contribution in [0.4, 0.5) is 5.13 Å². The molecular formula is C19H25N5OS. The van der Waals surface area contributed by atoms with Crippen molar-refractivity contribution in [2.24, 2.45) is 0 Å². The highest BCUT2D eigenvalue weighted by Crippen LogP contribution is 2.31. The van der Waals surface area contributed by atoms with Gasteiger partial charge in [-0.05, 0) is 32.0 Å². The fourth-order valence-electron chi connectivity index (χ4n) is 3.41. The summed E-state index contributed by atoms with van der Waals surface area (Å²) < 4.78 is 6.58. The van der Waals surface area contributed by atoms with Gasteiger partial charge in [0.05, 0.1) is 16.8 Å². The summed E-state index contributed by atoms with van der Waals surface area (Å²) in [5.41, 5.74) is 1.10. The normalized spacial score (nSPS) is 16.3. The molecule has 2 aromatic heterocycles. The zero-order valence-electron chi connectivity index (χ0n) is 15.6. The van der Waals surface area contributed by atoms with Gasteiger partial charge in [-0.1, -0.05) is 42.5 Å². The number of piperidine rings is 1. The van der Waals surface area contributed by atoms with Crippen LogP contribution in [0.25, 0.3) is 10.2 Å². The van der Waals surface area contributed by atoms with E-state index >= 15 is 0 Å². The maximum absolute atomic E-state index is 5.32. The summed E-state index contributed by atoms with van der Waals surface area (Å²) in [4.78, 5) is 14.1. The number of benzene rings is 1. The van der Waals surface area contributed by atoms with Gasteiger partial charge in [-0.25, -0.2) is 4.98 Å². The topological polar surface area (TPSA) is 58.3 Å². The molecule has 1 saturated heterocycles. The molecule has 0 amide bonds. The lowest BCUT2D eigenvalue weighted by Crippen LogP contribution is -2.43. The van der Waals surface area contributed by atoms with E-state index in [0.29, 0.717) is 6.04 Å². The van der Waals surface area contributed by atoms with E-state index in [9.17, 15) is 0 Å². The number of para-hydroxylation sites is 1. The SMILES string of the molecule is CC(C)c1nc(CN(C)C2CCN(c3nc4ccccc4s3)CC2)no1. The van der Waals surface area contributed by atoms with Crippen LogP contribution in [0.1, 0.15) is 44.3 Å². The van der Waals surface area contributed by atoms with Crippen molar-refractivity contribution in [2.45, 2.75) is 45.2 Å². The number of hydrogen-bond donors (Lipinski definition) is 0. The molecule has 0 radical (unpaired) electrons. The molecule has 0 spiro atoms. The fraction of sp³-hybridized carbons (Fsp3) is 0.526. The smallest absolute Gasteiger partial charge is 0.229 e.